The summed E-state index contributed by atoms with van der Waals surface area (Å²) < 4.78 is 5.38. The summed E-state index contributed by atoms with van der Waals surface area (Å²) in [6.45, 7) is 0.824. The molecule has 1 aromatic carbocycles. The second kappa shape index (κ2) is 7.30. The fourth-order valence-electron chi connectivity index (χ4n) is 1.36. The molecule has 0 fully saturated rings. The van der Waals surface area contributed by atoms with Crippen LogP contribution in [0.2, 0.25) is 0 Å². The average molecular weight is 247 g/mol. The van der Waals surface area contributed by atoms with E-state index in [1.54, 1.807) is 13.1 Å². The van der Waals surface area contributed by atoms with Crippen LogP contribution in [-0.4, -0.2) is 31.0 Å². The van der Waals surface area contributed by atoms with Gasteiger partial charge in [0.25, 0.3) is 5.91 Å². The van der Waals surface area contributed by atoms with Crippen LogP contribution in [0.15, 0.2) is 24.3 Å². The van der Waals surface area contributed by atoms with Gasteiger partial charge in [0.15, 0.2) is 6.61 Å². The number of hydrogen-bond acceptors (Lipinski definition) is 4. The highest BCUT2D eigenvalue weighted by Crippen LogP contribution is 2.12. The first-order chi connectivity index (χ1) is 8.67. The molecule has 0 aromatic heterocycles. The molecule has 0 unspecified atom stereocenters. The molecule has 1 aromatic rings. The van der Waals surface area contributed by atoms with Gasteiger partial charge in [0.05, 0.1) is 12.5 Å². The third kappa shape index (κ3) is 4.44. The van der Waals surface area contributed by atoms with Crippen molar-refractivity contribution in [3.8, 4) is 11.8 Å². The highest BCUT2D eigenvalue weighted by atomic mass is 16.5. The first kappa shape index (κ1) is 14.0. The number of benzene rings is 1. The van der Waals surface area contributed by atoms with Gasteiger partial charge in [-0.2, -0.15) is 5.26 Å². The van der Waals surface area contributed by atoms with Crippen LogP contribution in [0.3, 0.4) is 0 Å². The number of hydrogen-bond donors (Lipinski definition) is 1. The Bertz CT molecular complexity index is 440. The predicted octanol–water partition coefficient (Wildman–Crippen LogP) is 0.896. The Kier molecular flexibility index (Phi) is 5.68. The molecule has 5 heteroatoms. The van der Waals surface area contributed by atoms with Crippen molar-refractivity contribution in [3.63, 3.8) is 0 Å². The summed E-state index contributed by atoms with van der Waals surface area (Å²) in [7, 11) is 1.65. The summed E-state index contributed by atoms with van der Waals surface area (Å²) in [5.74, 6) is 0.475. The monoisotopic (exact) mass is 247 g/mol. The number of ether oxygens (including phenoxy) is 1. The molecule has 0 aliphatic rings. The molecule has 18 heavy (non-hydrogen) atoms. The smallest absolute Gasteiger partial charge is 0.260 e. The number of amides is 1. The Hall–Kier alpha value is -2.06. The van der Waals surface area contributed by atoms with Gasteiger partial charge < -0.3 is 15.4 Å². The Morgan fingerprint density at radius 2 is 2.33 bits per heavy atom. The summed E-state index contributed by atoms with van der Waals surface area (Å²) in [5.41, 5.74) is 6.47. The third-order valence-electron chi connectivity index (χ3n) is 2.48. The molecule has 1 rings (SSSR count). The summed E-state index contributed by atoms with van der Waals surface area (Å²) in [5, 5.41) is 8.43. The first-order valence-electron chi connectivity index (χ1n) is 5.70. The number of carbonyl (C=O) groups excluding carboxylic acids is 1. The minimum absolute atomic E-state index is 0.0318. The zero-order valence-electron chi connectivity index (χ0n) is 10.4. The fraction of sp³-hybridized carbons (Fsp3) is 0.385. The van der Waals surface area contributed by atoms with Gasteiger partial charge in [0.2, 0.25) is 0 Å². The van der Waals surface area contributed by atoms with Crippen LogP contribution in [-0.2, 0) is 11.3 Å². The highest BCUT2D eigenvalue weighted by Gasteiger charge is 2.09. The predicted molar refractivity (Wildman–Crippen MR) is 67.7 cm³/mol. The normalized spacial score (nSPS) is 9.61. The third-order valence-corrected chi connectivity index (χ3v) is 2.48. The number of carbonyl (C=O) groups is 1. The maximum absolute atomic E-state index is 11.6. The summed E-state index contributed by atoms with van der Waals surface area (Å²) in [6.07, 6.45) is 0.324. The van der Waals surface area contributed by atoms with E-state index in [-0.39, 0.29) is 12.5 Å². The van der Waals surface area contributed by atoms with Gasteiger partial charge in [0, 0.05) is 20.1 Å². The van der Waals surface area contributed by atoms with Crippen molar-refractivity contribution in [2.75, 3.05) is 20.2 Å². The lowest BCUT2D eigenvalue weighted by Gasteiger charge is -2.15. The molecule has 0 bridgehead atoms. The van der Waals surface area contributed by atoms with E-state index in [4.69, 9.17) is 15.7 Å². The van der Waals surface area contributed by atoms with Crippen LogP contribution >= 0.6 is 0 Å². The van der Waals surface area contributed by atoms with Gasteiger partial charge in [-0.1, -0.05) is 12.1 Å². The van der Waals surface area contributed by atoms with Crippen LogP contribution in [0.25, 0.3) is 0 Å². The van der Waals surface area contributed by atoms with E-state index >= 15 is 0 Å². The van der Waals surface area contributed by atoms with E-state index in [0.29, 0.717) is 25.3 Å². The summed E-state index contributed by atoms with van der Waals surface area (Å²) in [4.78, 5) is 13.1. The molecule has 0 aliphatic carbocycles. The zero-order valence-corrected chi connectivity index (χ0v) is 10.4. The Labute approximate surface area is 107 Å². The largest absolute Gasteiger partial charge is 0.484 e. The number of nitrogens with two attached hydrogens (primary N) is 1. The van der Waals surface area contributed by atoms with Crippen LogP contribution in [0.4, 0.5) is 0 Å². The minimum Gasteiger partial charge on any atom is -0.484 e. The van der Waals surface area contributed by atoms with E-state index in [9.17, 15) is 4.79 Å². The maximum Gasteiger partial charge on any atom is 0.260 e. The van der Waals surface area contributed by atoms with Crippen molar-refractivity contribution in [2.45, 2.75) is 13.0 Å². The maximum atomic E-state index is 11.6. The molecule has 5 nitrogen and oxygen atoms in total. The number of nitriles is 1. The highest BCUT2D eigenvalue weighted by molar-refractivity contribution is 5.77. The SMILES string of the molecule is CN(CCC#N)C(=O)COc1cccc(CN)c1. The van der Waals surface area contributed by atoms with Crippen molar-refractivity contribution in [1.82, 2.24) is 4.90 Å². The van der Waals surface area contributed by atoms with Gasteiger partial charge in [0.1, 0.15) is 5.75 Å². The van der Waals surface area contributed by atoms with Gasteiger partial charge >= 0.3 is 0 Å². The quantitative estimate of drug-likeness (QED) is 0.809. The van der Waals surface area contributed by atoms with Crippen LogP contribution in [0.1, 0.15) is 12.0 Å². The molecule has 0 aliphatic heterocycles. The molecule has 0 radical (unpaired) electrons. The molecule has 0 heterocycles. The standard InChI is InChI=1S/C13H17N3O2/c1-16(7-3-6-14)13(17)10-18-12-5-2-4-11(8-12)9-15/h2,4-5,8H,3,7,9-10,15H2,1H3. The van der Waals surface area contributed by atoms with Crippen molar-refractivity contribution >= 4 is 5.91 Å². The summed E-state index contributed by atoms with van der Waals surface area (Å²) >= 11 is 0. The number of likely N-dealkylation sites (N-methyl/N-ethyl adjacent to an activating group) is 1. The zero-order chi connectivity index (χ0) is 13.4. The molecule has 2 N–H and O–H groups in total. The number of rotatable bonds is 6. The minimum atomic E-state index is -0.150. The Morgan fingerprint density at radius 1 is 1.56 bits per heavy atom. The lowest BCUT2D eigenvalue weighted by Crippen LogP contribution is -2.32. The first-order valence-corrected chi connectivity index (χ1v) is 5.70. The molecular formula is C13H17N3O2. The molecule has 0 saturated carbocycles. The summed E-state index contributed by atoms with van der Waals surface area (Å²) in [6, 6.07) is 9.31. The van der Waals surface area contributed by atoms with Gasteiger partial charge in [-0.25, -0.2) is 0 Å². The van der Waals surface area contributed by atoms with Crippen molar-refractivity contribution in [2.24, 2.45) is 5.73 Å². The average Bonchev–Trinajstić information content (AvgIpc) is 2.42. The fourth-order valence-corrected chi connectivity index (χ4v) is 1.36. The lowest BCUT2D eigenvalue weighted by atomic mass is 10.2. The van der Waals surface area contributed by atoms with E-state index in [2.05, 4.69) is 0 Å². The van der Waals surface area contributed by atoms with Gasteiger partial charge in [-0.05, 0) is 17.7 Å². The Morgan fingerprint density at radius 3 is 3.00 bits per heavy atom. The van der Waals surface area contributed by atoms with Gasteiger partial charge in [-0.3, -0.25) is 4.79 Å². The van der Waals surface area contributed by atoms with Crippen molar-refractivity contribution < 1.29 is 9.53 Å². The van der Waals surface area contributed by atoms with Crippen LogP contribution in [0, 0.1) is 11.3 Å². The number of nitrogens with zero attached hydrogens (tertiary/aromatic N) is 2. The van der Waals surface area contributed by atoms with E-state index in [1.807, 2.05) is 24.3 Å². The molecule has 96 valence electrons. The van der Waals surface area contributed by atoms with E-state index in [0.717, 1.165) is 5.56 Å². The van der Waals surface area contributed by atoms with E-state index < -0.39 is 0 Å². The van der Waals surface area contributed by atoms with Crippen molar-refractivity contribution in [3.05, 3.63) is 29.8 Å². The second-order valence-electron chi connectivity index (χ2n) is 3.86. The van der Waals surface area contributed by atoms with Crippen LogP contribution in [0.5, 0.6) is 5.75 Å². The molecule has 1 amide bonds. The lowest BCUT2D eigenvalue weighted by molar-refractivity contribution is -0.131. The Balaban J connectivity index is 2.44. The molecule has 0 saturated heterocycles. The second-order valence-corrected chi connectivity index (χ2v) is 3.86. The van der Waals surface area contributed by atoms with Crippen molar-refractivity contribution in [1.29, 1.82) is 5.26 Å². The molecular weight excluding hydrogens is 230 g/mol. The van der Waals surface area contributed by atoms with E-state index in [1.165, 1.54) is 4.90 Å². The van der Waals surface area contributed by atoms with Gasteiger partial charge in [-0.15, -0.1) is 0 Å². The van der Waals surface area contributed by atoms with Crippen LogP contribution < -0.4 is 10.5 Å². The topological polar surface area (TPSA) is 79.3 Å². The molecule has 0 atom stereocenters. The molecule has 0 spiro atoms.